The highest BCUT2D eigenvalue weighted by atomic mass is 16.6. The van der Waals surface area contributed by atoms with Crippen LogP contribution in [-0.2, 0) is 14.3 Å². The molecule has 1 fully saturated rings. The van der Waals surface area contributed by atoms with Crippen molar-refractivity contribution < 1.29 is 24.2 Å². The van der Waals surface area contributed by atoms with E-state index in [1.807, 2.05) is 36.4 Å². The molecule has 1 aliphatic carbocycles. The molecule has 1 aliphatic heterocycles. The van der Waals surface area contributed by atoms with E-state index in [2.05, 4.69) is 12.1 Å². The molecule has 2 aliphatic rings. The van der Waals surface area contributed by atoms with Gasteiger partial charge in [0.25, 0.3) is 6.47 Å². The van der Waals surface area contributed by atoms with Crippen molar-refractivity contribution in [2.45, 2.75) is 24.7 Å². The number of carbonyl (C=O) groups excluding carboxylic acids is 2. The van der Waals surface area contributed by atoms with Gasteiger partial charge in [0.1, 0.15) is 6.61 Å². The quantitative estimate of drug-likeness (QED) is 0.855. The lowest BCUT2D eigenvalue weighted by Crippen LogP contribution is -2.38. The first kappa shape index (κ1) is 16.6. The Morgan fingerprint density at radius 3 is 2.35 bits per heavy atom. The van der Waals surface area contributed by atoms with Gasteiger partial charge >= 0.3 is 6.09 Å². The van der Waals surface area contributed by atoms with Crippen LogP contribution < -0.4 is 0 Å². The number of likely N-dealkylation sites (tertiary alicyclic amines) is 1. The van der Waals surface area contributed by atoms with E-state index < -0.39 is 18.4 Å². The molecule has 6 heteroatoms. The molecule has 0 saturated carbocycles. The third-order valence-corrected chi connectivity index (χ3v) is 5.01. The average molecular weight is 353 g/mol. The lowest BCUT2D eigenvalue weighted by atomic mass is 9.98. The van der Waals surface area contributed by atoms with Crippen molar-refractivity contribution in [3.63, 3.8) is 0 Å². The van der Waals surface area contributed by atoms with Crippen LogP contribution in [0, 0.1) is 0 Å². The lowest BCUT2D eigenvalue weighted by molar-refractivity contribution is -0.139. The van der Waals surface area contributed by atoms with Crippen molar-refractivity contribution in [2.75, 3.05) is 13.2 Å². The zero-order valence-corrected chi connectivity index (χ0v) is 14.1. The third-order valence-electron chi connectivity index (χ3n) is 5.01. The van der Waals surface area contributed by atoms with Crippen LogP contribution in [0.3, 0.4) is 0 Å². The first-order valence-corrected chi connectivity index (χ1v) is 8.58. The van der Waals surface area contributed by atoms with E-state index in [1.54, 1.807) is 0 Å². The number of aliphatic hydroxyl groups is 1. The van der Waals surface area contributed by atoms with Gasteiger partial charge in [-0.05, 0) is 22.3 Å². The van der Waals surface area contributed by atoms with Gasteiger partial charge in [-0.1, -0.05) is 48.5 Å². The fraction of sp³-hybridized carbons (Fsp3) is 0.300. The Balaban J connectivity index is 1.51. The third kappa shape index (κ3) is 2.82. The second kappa shape index (κ2) is 6.80. The molecular formula is C20H19NO5. The van der Waals surface area contributed by atoms with Gasteiger partial charge in [-0.25, -0.2) is 4.79 Å². The molecule has 26 heavy (non-hydrogen) atoms. The number of ether oxygens (including phenoxy) is 2. The summed E-state index contributed by atoms with van der Waals surface area (Å²) in [6, 6.07) is 16.2. The number of fused-ring (bicyclic) bond motifs is 3. The zero-order chi connectivity index (χ0) is 18.1. The number of aliphatic hydroxyl groups excluding tert-OH is 1. The van der Waals surface area contributed by atoms with Gasteiger partial charge < -0.3 is 14.6 Å². The van der Waals surface area contributed by atoms with Crippen LogP contribution in [0.4, 0.5) is 4.79 Å². The number of benzene rings is 2. The Morgan fingerprint density at radius 1 is 1.12 bits per heavy atom. The molecule has 2 aromatic carbocycles. The van der Waals surface area contributed by atoms with Gasteiger partial charge in [0.15, 0.2) is 6.23 Å². The van der Waals surface area contributed by atoms with E-state index in [-0.39, 0.29) is 32.0 Å². The maximum Gasteiger partial charge on any atom is 0.412 e. The van der Waals surface area contributed by atoms with Crippen molar-refractivity contribution in [1.29, 1.82) is 0 Å². The van der Waals surface area contributed by atoms with Crippen LogP contribution in [0.1, 0.15) is 23.5 Å². The molecule has 1 heterocycles. The normalized spacial score (nSPS) is 21.2. The van der Waals surface area contributed by atoms with E-state index in [0.717, 1.165) is 22.3 Å². The Kier molecular flexibility index (Phi) is 4.34. The fourth-order valence-electron chi connectivity index (χ4n) is 3.84. The molecule has 0 bridgehead atoms. The minimum atomic E-state index is -0.779. The molecule has 0 spiro atoms. The van der Waals surface area contributed by atoms with Crippen molar-refractivity contribution in [3.05, 3.63) is 59.7 Å². The van der Waals surface area contributed by atoms with Crippen LogP contribution in [0.25, 0.3) is 11.1 Å². The highest BCUT2D eigenvalue weighted by Gasteiger charge is 2.37. The molecule has 0 aromatic heterocycles. The monoisotopic (exact) mass is 353 g/mol. The fourth-order valence-corrected chi connectivity index (χ4v) is 3.84. The molecule has 1 amide bonds. The average Bonchev–Trinajstić information content (AvgIpc) is 3.18. The molecule has 1 N–H and O–H groups in total. The van der Waals surface area contributed by atoms with Gasteiger partial charge in [-0.2, -0.15) is 0 Å². The SMILES string of the molecule is O=CO[C@@H]1C[C@@H](O)CN1C(=O)OCC1c2ccccc2-c2ccccc21. The summed E-state index contributed by atoms with van der Waals surface area (Å²) in [6.07, 6.45) is -1.89. The van der Waals surface area contributed by atoms with Crippen molar-refractivity contribution in [1.82, 2.24) is 4.90 Å². The first-order valence-electron chi connectivity index (χ1n) is 8.58. The summed E-state index contributed by atoms with van der Waals surface area (Å²) >= 11 is 0. The zero-order valence-electron chi connectivity index (χ0n) is 14.1. The second-order valence-corrected chi connectivity index (χ2v) is 6.53. The van der Waals surface area contributed by atoms with E-state index >= 15 is 0 Å². The minimum absolute atomic E-state index is 0.0377. The summed E-state index contributed by atoms with van der Waals surface area (Å²) < 4.78 is 10.4. The largest absolute Gasteiger partial charge is 0.448 e. The van der Waals surface area contributed by atoms with Crippen LogP contribution in [0.2, 0.25) is 0 Å². The minimum Gasteiger partial charge on any atom is -0.448 e. The van der Waals surface area contributed by atoms with Gasteiger partial charge in [0, 0.05) is 12.3 Å². The topological polar surface area (TPSA) is 76.1 Å². The second-order valence-electron chi connectivity index (χ2n) is 6.53. The van der Waals surface area contributed by atoms with Crippen LogP contribution in [0.15, 0.2) is 48.5 Å². The van der Waals surface area contributed by atoms with E-state index in [1.165, 1.54) is 4.90 Å². The summed E-state index contributed by atoms with van der Waals surface area (Å²) in [6.45, 7) is 0.564. The smallest absolute Gasteiger partial charge is 0.412 e. The number of hydrogen-bond acceptors (Lipinski definition) is 5. The van der Waals surface area contributed by atoms with Crippen LogP contribution in [-0.4, -0.2) is 48.1 Å². The van der Waals surface area contributed by atoms with E-state index in [0.29, 0.717) is 0 Å². The highest BCUT2D eigenvalue weighted by Crippen LogP contribution is 2.44. The summed E-state index contributed by atoms with van der Waals surface area (Å²) in [5, 5.41) is 9.74. The molecule has 2 atom stereocenters. The predicted molar refractivity (Wildman–Crippen MR) is 93.3 cm³/mol. The Morgan fingerprint density at radius 2 is 1.73 bits per heavy atom. The van der Waals surface area contributed by atoms with Crippen molar-refractivity contribution >= 4 is 12.6 Å². The molecule has 2 aromatic rings. The summed E-state index contributed by atoms with van der Waals surface area (Å²) in [4.78, 5) is 24.3. The summed E-state index contributed by atoms with van der Waals surface area (Å²) in [5.74, 6) is -0.0377. The molecular weight excluding hydrogens is 334 g/mol. The predicted octanol–water partition coefficient (Wildman–Crippen LogP) is 2.50. The molecule has 134 valence electrons. The summed E-state index contributed by atoms with van der Waals surface area (Å²) in [5.41, 5.74) is 4.57. The van der Waals surface area contributed by atoms with Gasteiger partial charge in [0.2, 0.25) is 0 Å². The van der Waals surface area contributed by atoms with Crippen molar-refractivity contribution in [3.8, 4) is 11.1 Å². The number of amides is 1. The Labute approximate surface area is 151 Å². The Hall–Kier alpha value is -2.86. The van der Waals surface area contributed by atoms with Gasteiger partial charge in [-0.15, -0.1) is 0 Å². The highest BCUT2D eigenvalue weighted by molar-refractivity contribution is 5.79. The maximum absolute atomic E-state index is 12.5. The van der Waals surface area contributed by atoms with Gasteiger partial charge in [0.05, 0.1) is 12.6 Å². The molecule has 4 rings (SSSR count). The van der Waals surface area contributed by atoms with Gasteiger partial charge in [-0.3, -0.25) is 9.69 Å². The molecule has 1 saturated heterocycles. The standard InChI is InChI=1S/C20H19NO5/c22-12-26-19-9-13(23)10-21(19)20(24)25-11-18-16-7-3-1-5-14(16)15-6-2-4-8-17(15)18/h1-8,12-13,18-19,23H,9-11H2/t13-,19-/m1/s1. The van der Waals surface area contributed by atoms with E-state index in [9.17, 15) is 14.7 Å². The summed E-state index contributed by atoms with van der Waals surface area (Å²) in [7, 11) is 0. The van der Waals surface area contributed by atoms with E-state index in [4.69, 9.17) is 9.47 Å². The first-order chi connectivity index (χ1) is 12.7. The number of rotatable bonds is 4. The molecule has 6 nitrogen and oxygen atoms in total. The number of carbonyl (C=O) groups is 2. The Bertz CT molecular complexity index is 791. The number of β-amino-alcohol motifs (C(OH)–C–C–N with tert-alkyl or cyclic N) is 1. The number of nitrogens with zero attached hydrogens (tertiary/aromatic N) is 1. The molecule has 0 unspecified atom stereocenters. The van der Waals surface area contributed by atoms with Crippen LogP contribution in [0.5, 0.6) is 0 Å². The lowest BCUT2D eigenvalue weighted by Gasteiger charge is -2.23. The van der Waals surface area contributed by atoms with Crippen molar-refractivity contribution in [2.24, 2.45) is 0 Å². The maximum atomic E-state index is 12.5. The number of hydrogen-bond donors (Lipinski definition) is 1. The molecule has 0 radical (unpaired) electrons. The van der Waals surface area contributed by atoms with Crippen LogP contribution >= 0.6 is 0 Å².